The molecule has 1 aromatic rings. The topological polar surface area (TPSA) is 75.5 Å². The van der Waals surface area contributed by atoms with Crippen LogP contribution >= 0.6 is 11.6 Å². The second kappa shape index (κ2) is 8.26. The molecular formula is C16H22ClN3O3. The van der Waals surface area contributed by atoms with Crippen LogP contribution in [0.15, 0.2) is 18.2 Å². The van der Waals surface area contributed by atoms with Crippen LogP contribution in [0.1, 0.15) is 38.5 Å². The summed E-state index contributed by atoms with van der Waals surface area (Å²) in [4.78, 5) is 24.8. The van der Waals surface area contributed by atoms with Gasteiger partial charge in [-0.05, 0) is 32.0 Å². The molecule has 2 rings (SSSR count). The molecule has 1 N–H and O–H groups in total. The minimum Gasteiger partial charge on any atom is -0.319 e. The maximum Gasteiger partial charge on any atom is 0.294 e. The molecule has 1 saturated carbocycles. The van der Waals surface area contributed by atoms with Gasteiger partial charge in [0.05, 0.1) is 11.5 Å². The molecule has 0 unspecified atom stereocenters. The maximum atomic E-state index is 12.2. The number of carbonyl (C=O) groups is 1. The number of hydrogen-bond donors (Lipinski definition) is 1. The van der Waals surface area contributed by atoms with E-state index in [1.54, 1.807) is 0 Å². The molecule has 0 aliphatic heterocycles. The molecular weight excluding hydrogens is 318 g/mol. The zero-order valence-electron chi connectivity index (χ0n) is 13.3. The number of nitrogens with zero attached hydrogens (tertiary/aromatic N) is 2. The zero-order valence-corrected chi connectivity index (χ0v) is 14.0. The Morgan fingerprint density at radius 3 is 2.61 bits per heavy atom. The molecule has 0 saturated heterocycles. The van der Waals surface area contributed by atoms with Crippen LogP contribution in [0.3, 0.4) is 0 Å². The van der Waals surface area contributed by atoms with Gasteiger partial charge in [-0.25, -0.2) is 0 Å². The van der Waals surface area contributed by atoms with E-state index < -0.39 is 4.92 Å². The number of nitro groups is 1. The fraction of sp³-hybridized carbons (Fsp3) is 0.562. The van der Waals surface area contributed by atoms with Crippen LogP contribution in [0.4, 0.5) is 11.4 Å². The summed E-state index contributed by atoms with van der Waals surface area (Å²) in [7, 11) is 1.94. The predicted molar refractivity (Wildman–Crippen MR) is 90.9 cm³/mol. The van der Waals surface area contributed by atoms with E-state index in [1.807, 2.05) is 11.9 Å². The lowest BCUT2D eigenvalue weighted by atomic mass is 10.1. The highest BCUT2D eigenvalue weighted by Gasteiger charge is 2.21. The van der Waals surface area contributed by atoms with E-state index in [-0.39, 0.29) is 28.8 Å². The quantitative estimate of drug-likeness (QED) is 0.502. The average Bonchev–Trinajstić information content (AvgIpc) is 2.78. The molecule has 7 heteroatoms. The Hall–Kier alpha value is -1.66. The molecule has 0 radical (unpaired) electrons. The average molecular weight is 340 g/mol. The first-order valence-corrected chi connectivity index (χ1v) is 8.29. The second-order valence-corrected chi connectivity index (χ2v) is 6.46. The molecule has 1 aliphatic rings. The van der Waals surface area contributed by atoms with Crippen LogP contribution in [-0.4, -0.2) is 35.4 Å². The van der Waals surface area contributed by atoms with Crippen LogP contribution in [0.2, 0.25) is 5.02 Å². The molecule has 0 bridgehead atoms. The fourth-order valence-electron chi connectivity index (χ4n) is 3.01. The number of anilines is 1. The summed E-state index contributed by atoms with van der Waals surface area (Å²) in [6, 6.07) is 4.64. The molecule has 0 aromatic heterocycles. The van der Waals surface area contributed by atoms with Crippen molar-refractivity contribution in [3.63, 3.8) is 0 Å². The van der Waals surface area contributed by atoms with E-state index in [0.29, 0.717) is 6.04 Å². The minimum atomic E-state index is -0.545. The van der Waals surface area contributed by atoms with Crippen molar-refractivity contribution in [3.05, 3.63) is 33.3 Å². The monoisotopic (exact) mass is 339 g/mol. The molecule has 1 amide bonds. The molecule has 0 atom stereocenters. The van der Waals surface area contributed by atoms with E-state index >= 15 is 0 Å². The summed E-state index contributed by atoms with van der Waals surface area (Å²) in [5, 5.41) is 13.9. The number of rotatable bonds is 5. The lowest BCUT2D eigenvalue weighted by molar-refractivity contribution is -0.383. The molecule has 0 heterocycles. The van der Waals surface area contributed by atoms with Crippen molar-refractivity contribution in [3.8, 4) is 0 Å². The molecule has 126 valence electrons. The number of nitro benzene ring substituents is 1. The Bertz CT molecular complexity index is 572. The van der Waals surface area contributed by atoms with Crippen molar-refractivity contribution in [2.75, 3.05) is 18.9 Å². The van der Waals surface area contributed by atoms with E-state index in [4.69, 9.17) is 11.6 Å². The lowest BCUT2D eigenvalue weighted by Crippen LogP contribution is -2.37. The van der Waals surface area contributed by atoms with E-state index in [1.165, 1.54) is 43.9 Å². The predicted octanol–water partition coefficient (Wildman–Crippen LogP) is 3.84. The second-order valence-electron chi connectivity index (χ2n) is 6.03. The normalized spacial score (nSPS) is 16.1. The Kier molecular flexibility index (Phi) is 6.36. The number of hydrogen-bond acceptors (Lipinski definition) is 4. The zero-order chi connectivity index (χ0) is 16.8. The number of benzene rings is 1. The van der Waals surface area contributed by atoms with Crippen molar-refractivity contribution >= 4 is 28.9 Å². The van der Waals surface area contributed by atoms with Crippen LogP contribution in [0.5, 0.6) is 0 Å². The van der Waals surface area contributed by atoms with Gasteiger partial charge in [0.2, 0.25) is 5.91 Å². The van der Waals surface area contributed by atoms with E-state index in [9.17, 15) is 14.9 Å². The van der Waals surface area contributed by atoms with Crippen LogP contribution < -0.4 is 5.32 Å². The summed E-state index contributed by atoms with van der Waals surface area (Å²) in [5.41, 5.74) is -0.0124. The van der Waals surface area contributed by atoms with Crippen molar-refractivity contribution in [1.29, 1.82) is 0 Å². The summed E-state index contributed by atoms with van der Waals surface area (Å²) in [5.74, 6) is -0.248. The SMILES string of the molecule is CN(CC(=O)Nc1ccc(Cl)cc1[N+](=O)[O-])C1CCCCCC1. The highest BCUT2D eigenvalue weighted by molar-refractivity contribution is 6.31. The Morgan fingerprint density at radius 2 is 2.00 bits per heavy atom. The first-order valence-electron chi connectivity index (χ1n) is 7.91. The third kappa shape index (κ3) is 5.18. The standard InChI is InChI=1S/C16H22ClN3O3/c1-19(13-6-4-2-3-5-7-13)11-16(21)18-14-9-8-12(17)10-15(14)20(22)23/h8-10,13H,2-7,11H2,1H3,(H,18,21). The summed E-state index contributed by atoms with van der Waals surface area (Å²) < 4.78 is 0. The van der Waals surface area contributed by atoms with Crippen molar-refractivity contribution in [2.24, 2.45) is 0 Å². The van der Waals surface area contributed by atoms with Gasteiger partial charge in [-0.15, -0.1) is 0 Å². The minimum absolute atomic E-state index is 0.179. The van der Waals surface area contributed by atoms with Gasteiger partial charge < -0.3 is 5.32 Å². The molecule has 23 heavy (non-hydrogen) atoms. The van der Waals surface area contributed by atoms with Gasteiger partial charge in [-0.2, -0.15) is 0 Å². The number of carbonyl (C=O) groups excluding carboxylic acids is 1. The van der Waals surface area contributed by atoms with Crippen LogP contribution in [-0.2, 0) is 4.79 Å². The van der Waals surface area contributed by atoms with Crippen molar-refractivity contribution < 1.29 is 9.72 Å². The number of nitrogens with one attached hydrogen (secondary N) is 1. The van der Waals surface area contributed by atoms with Gasteiger partial charge in [-0.3, -0.25) is 19.8 Å². The molecule has 6 nitrogen and oxygen atoms in total. The van der Waals surface area contributed by atoms with Gasteiger partial charge in [0, 0.05) is 17.1 Å². The lowest BCUT2D eigenvalue weighted by Gasteiger charge is -2.26. The van der Waals surface area contributed by atoms with Gasteiger partial charge in [0.1, 0.15) is 5.69 Å². The third-order valence-electron chi connectivity index (χ3n) is 4.27. The Morgan fingerprint density at radius 1 is 1.35 bits per heavy atom. The Balaban J connectivity index is 1.97. The third-order valence-corrected chi connectivity index (χ3v) is 4.51. The van der Waals surface area contributed by atoms with Gasteiger partial charge in [-0.1, -0.05) is 37.3 Å². The van der Waals surface area contributed by atoms with E-state index in [2.05, 4.69) is 5.32 Å². The Labute approximate surface area is 141 Å². The fourth-order valence-corrected chi connectivity index (χ4v) is 3.17. The summed E-state index contributed by atoms with van der Waals surface area (Å²) in [6.45, 7) is 0.227. The summed E-state index contributed by atoms with van der Waals surface area (Å²) in [6.07, 6.45) is 7.11. The largest absolute Gasteiger partial charge is 0.319 e. The highest BCUT2D eigenvalue weighted by atomic mass is 35.5. The maximum absolute atomic E-state index is 12.2. The number of amides is 1. The molecule has 0 spiro atoms. The van der Waals surface area contributed by atoms with Crippen LogP contribution in [0, 0.1) is 10.1 Å². The number of likely N-dealkylation sites (N-methyl/N-ethyl adjacent to an activating group) is 1. The van der Waals surface area contributed by atoms with Gasteiger partial charge in [0.25, 0.3) is 5.69 Å². The first-order chi connectivity index (χ1) is 11.0. The van der Waals surface area contributed by atoms with E-state index in [0.717, 1.165) is 12.8 Å². The highest BCUT2D eigenvalue weighted by Crippen LogP contribution is 2.28. The van der Waals surface area contributed by atoms with Crippen molar-refractivity contribution in [2.45, 2.75) is 44.6 Å². The van der Waals surface area contributed by atoms with Gasteiger partial charge >= 0.3 is 0 Å². The molecule has 1 aliphatic carbocycles. The summed E-state index contributed by atoms with van der Waals surface area (Å²) >= 11 is 5.77. The smallest absolute Gasteiger partial charge is 0.294 e. The van der Waals surface area contributed by atoms with Crippen molar-refractivity contribution in [1.82, 2.24) is 4.90 Å². The van der Waals surface area contributed by atoms with Crippen LogP contribution in [0.25, 0.3) is 0 Å². The molecule has 1 fully saturated rings. The number of halogens is 1. The van der Waals surface area contributed by atoms with Gasteiger partial charge in [0.15, 0.2) is 0 Å². The first kappa shape index (κ1) is 17.7. The molecule has 1 aromatic carbocycles.